The summed E-state index contributed by atoms with van der Waals surface area (Å²) in [7, 11) is 5.80. The van der Waals surface area contributed by atoms with Crippen LogP contribution in [0.15, 0.2) is 24.3 Å². The molecular weight excluding hydrogens is 389 g/mol. The number of fused-ring (bicyclic) bond motifs is 1. The van der Waals surface area contributed by atoms with E-state index in [9.17, 15) is 9.18 Å². The quantitative estimate of drug-likeness (QED) is 0.623. The molecular formula is C18H23ClFN5OS. The lowest BCUT2D eigenvalue weighted by atomic mass is 10.3. The topological polar surface area (TPSA) is 54.3 Å². The van der Waals surface area contributed by atoms with Gasteiger partial charge in [0.05, 0.1) is 10.2 Å². The van der Waals surface area contributed by atoms with E-state index in [2.05, 4.69) is 15.0 Å². The molecule has 2 heterocycles. The molecule has 0 aliphatic heterocycles. The molecule has 0 spiro atoms. The zero-order valence-electron chi connectivity index (χ0n) is 15.8. The highest BCUT2D eigenvalue weighted by Gasteiger charge is 2.23. The number of benzene rings is 1. The Morgan fingerprint density at radius 3 is 2.63 bits per heavy atom. The Morgan fingerprint density at radius 1 is 1.26 bits per heavy atom. The van der Waals surface area contributed by atoms with E-state index in [0.29, 0.717) is 22.9 Å². The number of halogens is 2. The van der Waals surface area contributed by atoms with Gasteiger partial charge in [0.25, 0.3) is 5.91 Å². The van der Waals surface area contributed by atoms with Gasteiger partial charge in [0.15, 0.2) is 10.8 Å². The molecule has 0 aliphatic rings. The average molecular weight is 412 g/mol. The van der Waals surface area contributed by atoms with Crippen molar-refractivity contribution in [3.05, 3.63) is 41.5 Å². The molecule has 0 atom stereocenters. The largest absolute Gasteiger partial charge is 0.309 e. The molecule has 3 aromatic rings. The van der Waals surface area contributed by atoms with Gasteiger partial charge in [0.1, 0.15) is 5.82 Å². The van der Waals surface area contributed by atoms with Gasteiger partial charge in [0, 0.05) is 19.3 Å². The van der Waals surface area contributed by atoms with Crippen molar-refractivity contribution in [3.63, 3.8) is 0 Å². The van der Waals surface area contributed by atoms with E-state index >= 15 is 0 Å². The molecule has 0 unspecified atom stereocenters. The number of aryl methyl sites for hydroxylation is 2. The molecule has 1 amide bonds. The van der Waals surface area contributed by atoms with Crippen LogP contribution in [0.25, 0.3) is 10.2 Å². The third-order valence-corrected chi connectivity index (χ3v) is 5.18. The van der Waals surface area contributed by atoms with Crippen LogP contribution < -0.4 is 4.90 Å². The summed E-state index contributed by atoms with van der Waals surface area (Å²) in [5.41, 5.74) is 1.99. The smallest absolute Gasteiger partial charge is 0.280 e. The Hall–Kier alpha value is -2.03. The zero-order chi connectivity index (χ0) is 18.8. The number of hydrogen-bond acceptors (Lipinski definition) is 5. The highest BCUT2D eigenvalue weighted by atomic mass is 35.5. The summed E-state index contributed by atoms with van der Waals surface area (Å²) >= 11 is 1.32. The number of hydrogen-bond donors (Lipinski definition) is 0. The summed E-state index contributed by atoms with van der Waals surface area (Å²) in [5.74, 6) is -0.495. The number of nitrogens with zero attached hydrogens (tertiary/aromatic N) is 5. The third-order valence-electron chi connectivity index (χ3n) is 4.14. The van der Waals surface area contributed by atoms with Crippen molar-refractivity contribution in [2.24, 2.45) is 7.05 Å². The van der Waals surface area contributed by atoms with Crippen molar-refractivity contribution in [3.8, 4) is 0 Å². The van der Waals surface area contributed by atoms with Crippen LogP contribution in [0.4, 0.5) is 9.52 Å². The molecule has 0 aliphatic carbocycles. The van der Waals surface area contributed by atoms with Gasteiger partial charge in [0.2, 0.25) is 0 Å². The van der Waals surface area contributed by atoms with Crippen molar-refractivity contribution in [1.82, 2.24) is 19.7 Å². The second kappa shape index (κ2) is 8.77. The number of aromatic nitrogens is 3. The summed E-state index contributed by atoms with van der Waals surface area (Å²) in [5, 5.41) is 4.87. The molecule has 0 radical (unpaired) electrons. The summed E-state index contributed by atoms with van der Waals surface area (Å²) < 4.78 is 15.9. The Bertz CT molecular complexity index is 920. The van der Waals surface area contributed by atoms with Gasteiger partial charge in [-0.1, -0.05) is 11.3 Å². The number of carbonyl (C=O) groups is 1. The van der Waals surface area contributed by atoms with Gasteiger partial charge in [-0.15, -0.1) is 12.4 Å². The highest BCUT2D eigenvalue weighted by Crippen LogP contribution is 2.30. The number of anilines is 1. The molecule has 0 fully saturated rings. The van der Waals surface area contributed by atoms with Crippen LogP contribution in [-0.4, -0.2) is 52.8 Å². The minimum absolute atomic E-state index is 0. The Morgan fingerprint density at radius 2 is 2.00 bits per heavy atom. The average Bonchev–Trinajstić information content (AvgIpc) is 3.14. The maximum absolute atomic E-state index is 13.5. The van der Waals surface area contributed by atoms with Crippen LogP contribution in [0.5, 0.6) is 0 Å². The van der Waals surface area contributed by atoms with Crippen LogP contribution in [0.2, 0.25) is 0 Å². The molecule has 0 saturated heterocycles. The van der Waals surface area contributed by atoms with E-state index in [4.69, 9.17) is 0 Å². The molecule has 2 aromatic heterocycles. The van der Waals surface area contributed by atoms with Crippen molar-refractivity contribution in [2.75, 3.05) is 32.1 Å². The van der Waals surface area contributed by atoms with E-state index in [1.54, 1.807) is 21.7 Å². The fraction of sp³-hybridized carbons (Fsp3) is 0.389. The van der Waals surface area contributed by atoms with Gasteiger partial charge >= 0.3 is 0 Å². The minimum Gasteiger partial charge on any atom is -0.309 e. The van der Waals surface area contributed by atoms with E-state index in [1.807, 2.05) is 28.1 Å². The maximum atomic E-state index is 13.5. The van der Waals surface area contributed by atoms with Crippen molar-refractivity contribution in [1.29, 1.82) is 0 Å². The molecule has 27 heavy (non-hydrogen) atoms. The van der Waals surface area contributed by atoms with Crippen LogP contribution >= 0.6 is 23.7 Å². The normalized spacial score (nSPS) is 11.0. The van der Waals surface area contributed by atoms with E-state index in [0.717, 1.165) is 23.4 Å². The summed E-state index contributed by atoms with van der Waals surface area (Å²) in [6.07, 6.45) is 0.800. The lowest BCUT2D eigenvalue weighted by Gasteiger charge is -2.20. The van der Waals surface area contributed by atoms with Crippen LogP contribution in [0, 0.1) is 12.7 Å². The van der Waals surface area contributed by atoms with Gasteiger partial charge in [-0.3, -0.25) is 14.4 Å². The summed E-state index contributed by atoms with van der Waals surface area (Å²) in [4.78, 5) is 21.3. The second-order valence-electron chi connectivity index (χ2n) is 6.52. The molecule has 9 heteroatoms. The third kappa shape index (κ3) is 4.82. The van der Waals surface area contributed by atoms with E-state index < -0.39 is 0 Å². The first-order chi connectivity index (χ1) is 12.3. The zero-order valence-corrected chi connectivity index (χ0v) is 17.4. The van der Waals surface area contributed by atoms with Crippen LogP contribution in [0.1, 0.15) is 22.6 Å². The maximum Gasteiger partial charge on any atom is 0.280 e. The first kappa shape index (κ1) is 21.3. The number of rotatable bonds is 6. The SMILES string of the molecule is Cc1cc(C(=O)N(CCCN(C)C)c2nc3ccc(F)cc3s2)nn1C.Cl. The lowest BCUT2D eigenvalue weighted by molar-refractivity contribution is 0.0980. The summed E-state index contributed by atoms with van der Waals surface area (Å²) in [6, 6.07) is 6.24. The number of thiazole rings is 1. The fourth-order valence-corrected chi connectivity index (χ4v) is 3.65. The van der Waals surface area contributed by atoms with Gasteiger partial charge in [-0.05, 0) is 58.3 Å². The monoisotopic (exact) mass is 411 g/mol. The van der Waals surface area contributed by atoms with Crippen LogP contribution in [-0.2, 0) is 7.05 Å². The molecule has 1 aromatic carbocycles. The molecule has 0 bridgehead atoms. The molecule has 3 rings (SSSR count). The summed E-state index contributed by atoms with van der Waals surface area (Å²) in [6.45, 7) is 3.28. The first-order valence-corrected chi connectivity index (χ1v) is 9.20. The predicted molar refractivity (Wildman–Crippen MR) is 110 cm³/mol. The van der Waals surface area contributed by atoms with Crippen molar-refractivity contribution in [2.45, 2.75) is 13.3 Å². The van der Waals surface area contributed by atoms with Gasteiger partial charge < -0.3 is 4.90 Å². The lowest BCUT2D eigenvalue weighted by Crippen LogP contribution is -2.33. The van der Waals surface area contributed by atoms with Crippen molar-refractivity contribution >= 4 is 45.0 Å². The van der Waals surface area contributed by atoms with Crippen molar-refractivity contribution < 1.29 is 9.18 Å². The molecule has 6 nitrogen and oxygen atoms in total. The Kier molecular flexibility index (Phi) is 6.91. The first-order valence-electron chi connectivity index (χ1n) is 8.38. The highest BCUT2D eigenvalue weighted by molar-refractivity contribution is 7.22. The number of amides is 1. The van der Waals surface area contributed by atoms with Gasteiger partial charge in [-0.25, -0.2) is 9.37 Å². The standard InChI is InChI=1S/C18H22FN5OS.ClH/c1-12-10-15(21-23(12)4)17(25)24(9-5-8-22(2)3)18-20-14-7-6-13(19)11-16(14)26-18;/h6-7,10-11H,5,8-9H2,1-4H3;1H. The fourth-order valence-electron chi connectivity index (χ4n) is 2.63. The Balaban J connectivity index is 0.00000261. The van der Waals surface area contributed by atoms with Crippen LogP contribution in [0.3, 0.4) is 0 Å². The Labute approximate surface area is 168 Å². The molecule has 146 valence electrons. The second-order valence-corrected chi connectivity index (χ2v) is 7.53. The van der Waals surface area contributed by atoms with E-state index in [1.165, 1.54) is 23.5 Å². The minimum atomic E-state index is -0.307. The molecule has 0 saturated carbocycles. The van der Waals surface area contributed by atoms with E-state index in [-0.39, 0.29) is 24.1 Å². The molecule has 0 N–H and O–H groups in total. The predicted octanol–water partition coefficient (Wildman–Crippen LogP) is 3.50. The van der Waals surface area contributed by atoms with Gasteiger partial charge in [-0.2, -0.15) is 5.10 Å². The number of carbonyl (C=O) groups excluding carboxylic acids is 1.